The maximum absolute atomic E-state index is 12.5. The van der Waals surface area contributed by atoms with Crippen molar-refractivity contribution in [2.45, 2.75) is 20.3 Å². The minimum atomic E-state index is -0.482. The van der Waals surface area contributed by atoms with Crippen LogP contribution < -0.4 is 0 Å². The zero-order chi connectivity index (χ0) is 14.9. The standard InChI is InChI=1S/C14H17BrN2O3/c1-9(2)10-5-6-16(8-10)14(18)12-7-11(17(19)20)3-4-13(12)15/h3-4,7,9-10H,5-6,8H2,1-2H3. The van der Waals surface area contributed by atoms with E-state index >= 15 is 0 Å². The first-order valence-electron chi connectivity index (χ1n) is 6.63. The Kier molecular flexibility index (Phi) is 4.42. The summed E-state index contributed by atoms with van der Waals surface area (Å²) in [5.41, 5.74) is 0.305. The first kappa shape index (κ1) is 15.0. The Morgan fingerprint density at radius 3 is 2.75 bits per heavy atom. The van der Waals surface area contributed by atoms with Gasteiger partial charge in [-0.3, -0.25) is 14.9 Å². The molecule has 0 aromatic heterocycles. The average Bonchev–Trinajstić information content (AvgIpc) is 2.88. The number of amides is 1. The second-order valence-corrected chi connectivity index (χ2v) is 6.32. The summed E-state index contributed by atoms with van der Waals surface area (Å²) < 4.78 is 0.598. The van der Waals surface area contributed by atoms with Crippen LogP contribution in [0.5, 0.6) is 0 Å². The predicted octanol–water partition coefficient (Wildman–Crippen LogP) is 3.48. The van der Waals surface area contributed by atoms with Crippen LogP contribution in [0.3, 0.4) is 0 Å². The molecule has 6 heteroatoms. The van der Waals surface area contributed by atoms with Gasteiger partial charge in [0.2, 0.25) is 0 Å². The van der Waals surface area contributed by atoms with Crippen LogP contribution in [0.15, 0.2) is 22.7 Å². The molecule has 1 heterocycles. The highest BCUT2D eigenvalue weighted by Gasteiger charge is 2.30. The molecule has 1 saturated heterocycles. The van der Waals surface area contributed by atoms with Gasteiger partial charge in [0.1, 0.15) is 0 Å². The number of benzene rings is 1. The number of nitro benzene ring substituents is 1. The van der Waals surface area contributed by atoms with Crippen molar-refractivity contribution in [3.05, 3.63) is 38.3 Å². The van der Waals surface area contributed by atoms with E-state index in [1.54, 1.807) is 11.0 Å². The molecule has 0 spiro atoms. The van der Waals surface area contributed by atoms with Crippen LogP contribution in [0.2, 0.25) is 0 Å². The number of halogens is 1. The third-order valence-corrected chi connectivity index (χ3v) is 4.54. The molecule has 0 aliphatic carbocycles. The van der Waals surface area contributed by atoms with Crippen molar-refractivity contribution in [1.29, 1.82) is 0 Å². The largest absolute Gasteiger partial charge is 0.338 e. The van der Waals surface area contributed by atoms with Crippen molar-refractivity contribution in [1.82, 2.24) is 4.90 Å². The van der Waals surface area contributed by atoms with Gasteiger partial charge in [0.05, 0.1) is 10.5 Å². The van der Waals surface area contributed by atoms with E-state index in [9.17, 15) is 14.9 Å². The molecule has 1 aliphatic rings. The third-order valence-electron chi connectivity index (χ3n) is 3.85. The van der Waals surface area contributed by atoms with Crippen LogP contribution in [-0.4, -0.2) is 28.8 Å². The topological polar surface area (TPSA) is 63.5 Å². The molecule has 0 N–H and O–H groups in total. The van der Waals surface area contributed by atoms with E-state index in [-0.39, 0.29) is 11.6 Å². The molecular formula is C14H17BrN2O3. The van der Waals surface area contributed by atoms with E-state index in [1.165, 1.54) is 12.1 Å². The van der Waals surface area contributed by atoms with Crippen LogP contribution in [0, 0.1) is 22.0 Å². The number of carbonyl (C=O) groups is 1. The van der Waals surface area contributed by atoms with Crippen molar-refractivity contribution in [3.8, 4) is 0 Å². The van der Waals surface area contributed by atoms with Gasteiger partial charge in [-0.25, -0.2) is 0 Å². The van der Waals surface area contributed by atoms with Crippen LogP contribution in [0.4, 0.5) is 5.69 Å². The van der Waals surface area contributed by atoms with Gasteiger partial charge in [-0.1, -0.05) is 13.8 Å². The molecule has 1 atom stereocenters. The highest BCUT2D eigenvalue weighted by Crippen LogP contribution is 2.28. The Bertz CT molecular complexity index is 545. The van der Waals surface area contributed by atoms with Gasteiger partial charge in [-0.05, 0) is 40.3 Å². The fourth-order valence-electron chi connectivity index (χ4n) is 2.48. The normalized spacial score (nSPS) is 18.6. The van der Waals surface area contributed by atoms with Crippen molar-refractivity contribution in [2.24, 2.45) is 11.8 Å². The molecule has 1 aliphatic heterocycles. The third kappa shape index (κ3) is 3.00. The lowest BCUT2D eigenvalue weighted by atomic mass is 9.95. The molecule has 0 saturated carbocycles. The Morgan fingerprint density at radius 2 is 2.20 bits per heavy atom. The Hall–Kier alpha value is -1.43. The fourth-order valence-corrected chi connectivity index (χ4v) is 2.89. The zero-order valence-electron chi connectivity index (χ0n) is 11.5. The molecule has 0 radical (unpaired) electrons. The monoisotopic (exact) mass is 340 g/mol. The summed E-state index contributed by atoms with van der Waals surface area (Å²) in [6.07, 6.45) is 0.996. The highest BCUT2D eigenvalue weighted by molar-refractivity contribution is 9.10. The maximum Gasteiger partial charge on any atom is 0.270 e. The summed E-state index contributed by atoms with van der Waals surface area (Å²) in [4.78, 5) is 24.6. The van der Waals surface area contributed by atoms with Gasteiger partial charge in [-0.15, -0.1) is 0 Å². The van der Waals surface area contributed by atoms with Gasteiger partial charge in [0, 0.05) is 29.7 Å². The summed E-state index contributed by atoms with van der Waals surface area (Å²) in [5.74, 6) is 0.918. The van der Waals surface area contributed by atoms with Crippen LogP contribution >= 0.6 is 15.9 Å². The van der Waals surface area contributed by atoms with E-state index in [2.05, 4.69) is 29.8 Å². The Balaban J connectivity index is 2.21. The van der Waals surface area contributed by atoms with Crippen molar-refractivity contribution in [2.75, 3.05) is 13.1 Å². The first-order valence-corrected chi connectivity index (χ1v) is 7.42. The predicted molar refractivity (Wildman–Crippen MR) is 79.6 cm³/mol. The molecule has 1 fully saturated rings. The average molecular weight is 341 g/mol. The summed E-state index contributed by atoms with van der Waals surface area (Å²) >= 11 is 3.30. The molecule has 1 aromatic rings. The van der Waals surface area contributed by atoms with Crippen LogP contribution in [0.1, 0.15) is 30.6 Å². The molecular weight excluding hydrogens is 324 g/mol. The lowest BCUT2D eigenvalue weighted by molar-refractivity contribution is -0.384. The summed E-state index contributed by atoms with van der Waals surface area (Å²) in [5, 5.41) is 10.8. The number of hydrogen-bond donors (Lipinski definition) is 0. The molecule has 108 valence electrons. The van der Waals surface area contributed by atoms with Crippen molar-refractivity contribution >= 4 is 27.5 Å². The Labute approximate surface area is 126 Å². The van der Waals surface area contributed by atoms with E-state index < -0.39 is 4.92 Å². The van der Waals surface area contributed by atoms with Crippen LogP contribution in [-0.2, 0) is 0 Å². The van der Waals surface area contributed by atoms with E-state index in [0.29, 0.717) is 21.9 Å². The lowest BCUT2D eigenvalue weighted by Crippen LogP contribution is -2.29. The van der Waals surface area contributed by atoms with E-state index in [1.807, 2.05) is 0 Å². The van der Waals surface area contributed by atoms with Crippen molar-refractivity contribution < 1.29 is 9.72 Å². The van der Waals surface area contributed by atoms with Gasteiger partial charge < -0.3 is 4.90 Å². The SMILES string of the molecule is CC(C)C1CCN(C(=O)c2cc([N+](=O)[O-])ccc2Br)C1. The summed E-state index contributed by atoms with van der Waals surface area (Å²) in [7, 11) is 0. The molecule has 20 heavy (non-hydrogen) atoms. The number of rotatable bonds is 3. The molecule has 1 unspecified atom stereocenters. The number of nitro groups is 1. The zero-order valence-corrected chi connectivity index (χ0v) is 13.1. The number of non-ortho nitro benzene ring substituents is 1. The summed E-state index contributed by atoms with van der Waals surface area (Å²) in [6.45, 7) is 5.76. The van der Waals surface area contributed by atoms with Crippen molar-refractivity contribution in [3.63, 3.8) is 0 Å². The molecule has 1 aromatic carbocycles. The molecule has 5 nitrogen and oxygen atoms in total. The van der Waals surface area contributed by atoms with Gasteiger partial charge >= 0.3 is 0 Å². The van der Waals surface area contributed by atoms with E-state index in [0.717, 1.165) is 19.5 Å². The first-order chi connectivity index (χ1) is 9.40. The number of carbonyl (C=O) groups excluding carboxylic acids is 1. The minimum Gasteiger partial charge on any atom is -0.338 e. The van der Waals surface area contributed by atoms with Gasteiger partial charge in [-0.2, -0.15) is 0 Å². The quantitative estimate of drug-likeness (QED) is 0.625. The fraction of sp³-hybridized carbons (Fsp3) is 0.500. The van der Waals surface area contributed by atoms with Crippen LogP contribution in [0.25, 0.3) is 0 Å². The molecule has 0 bridgehead atoms. The Morgan fingerprint density at radius 1 is 1.50 bits per heavy atom. The number of likely N-dealkylation sites (tertiary alicyclic amines) is 1. The number of nitrogens with zero attached hydrogens (tertiary/aromatic N) is 2. The smallest absolute Gasteiger partial charge is 0.270 e. The minimum absolute atomic E-state index is 0.0591. The summed E-state index contributed by atoms with van der Waals surface area (Å²) in [6, 6.07) is 4.29. The molecule has 2 rings (SSSR count). The van der Waals surface area contributed by atoms with Gasteiger partial charge in [0.25, 0.3) is 11.6 Å². The second-order valence-electron chi connectivity index (χ2n) is 5.47. The van der Waals surface area contributed by atoms with E-state index in [4.69, 9.17) is 0 Å². The number of hydrogen-bond acceptors (Lipinski definition) is 3. The second kappa shape index (κ2) is 5.91. The lowest BCUT2D eigenvalue weighted by Gasteiger charge is -2.18. The highest BCUT2D eigenvalue weighted by atomic mass is 79.9. The maximum atomic E-state index is 12.5. The molecule has 1 amide bonds. The van der Waals surface area contributed by atoms with Gasteiger partial charge in [0.15, 0.2) is 0 Å².